The van der Waals surface area contributed by atoms with Crippen molar-refractivity contribution in [3.8, 4) is 0 Å². The predicted octanol–water partition coefficient (Wildman–Crippen LogP) is 4.26. The average molecular weight is 410 g/mol. The summed E-state index contributed by atoms with van der Waals surface area (Å²) in [6.07, 6.45) is -9.82. The average Bonchev–Trinajstić information content (AvgIpc) is 2.53. The molecule has 0 saturated carbocycles. The fourth-order valence-electron chi connectivity index (χ4n) is 1.98. The maximum absolute atomic E-state index is 13.2. The van der Waals surface area contributed by atoms with Gasteiger partial charge in [-0.2, -0.15) is 44.7 Å². The van der Waals surface area contributed by atoms with E-state index in [-0.39, 0.29) is 4.90 Å². The lowest BCUT2D eigenvalue weighted by Crippen LogP contribution is -2.29. The zero-order chi connectivity index (χ0) is 20.5. The minimum atomic E-state index is -5.10. The lowest BCUT2D eigenvalue weighted by molar-refractivity contribution is -0.137. The summed E-state index contributed by atoms with van der Waals surface area (Å²) >= 11 is 0. The number of halogens is 6. The molecule has 0 fully saturated rings. The molecule has 0 unspecified atom stereocenters. The van der Waals surface area contributed by atoms with Crippen molar-refractivity contribution in [3.05, 3.63) is 65.2 Å². The van der Waals surface area contributed by atoms with Gasteiger partial charge in [0.2, 0.25) is 0 Å². The first-order chi connectivity index (χ1) is 12.3. The number of nitrogens with zero attached hydrogens (tertiary/aromatic N) is 1. The molecule has 4 nitrogen and oxygen atoms in total. The molecular weight excluding hydrogens is 398 g/mol. The lowest BCUT2D eigenvalue weighted by Gasteiger charge is -2.13. The number of hydrogen-bond donors (Lipinski definition) is 1. The molecule has 0 aliphatic heterocycles. The van der Waals surface area contributed by atoms with Crippen molar-refractivity contribution in [3.63, 3.8) is 0 Å². The van der Waals surface area contributed by atoms with Crippen molar-refractivity contribution in [2.45, 2.75) is 24.2 Å². The van der Waals surface area contributed by atoms with Gasteiger partial charge < -0.3 is 0 Å². The van der Waals surface area contributed by atoms with Crippen molar-refractivity contribution in [1.82, 2.24) is 4.83 Å². The molecule has 0 aliphatic carbocycles. The van der Waals surface area contributed by atoms with E-state index in [0.29, 0.717) is 24.3 Å². The Labute approximate surface area is 150 Å². The summed E-state index contributed by atoms with van der Waals surface area (Å²) in [5.74, 6) is 0. The summed E-state index contributed by atoms with van der Waals surface area (Å²) in [5.41, 5.74) is -2.81. The summed E-state index contributed by atoms with van der Waals surface area (Å²) in [4.78, 5) is 1.15. The second-order valence-electron chi connectivity index (χ2n) is 5.44. The zero-order valence-electron chi connectivity index (χ0n) is 13.6. The Hall–Kier alpha value is -2.56. The molecule has 0 aromatic heterocycles. The molecule has 2 aromatic carbocycles. The van der Waals surface area contributed by atoms with Gasteiger partial charge in [0.25, 0.3) is 10.0 Å². The molecule has 11 heteroatoms. The molecule has 0 atom stereocenters. The zero-order valence-corrected chi connectivity index (χ0v) is 14.4. The normalized spacial score (nSPS) is 13.5. The molecule has 2 rings (SSSR count). The van der Waals surface area contributed by atoms with E-state index >= 15 is 0 Å². The standard InChI is InChI=1S/C16H12F6N2O2S/c1-10-2-8-13(9-3-10)27(25,26)24-23-14(16(20,21)22)11-4-6-12(7-5-11)15(17,18)19/h2-9,24H,1H3/b23-14+. The first kappa shape index (κ1) is 20.7. The summed E-state index contributed by atoms with van der Waals surface area (Å²) < 4.78 is 101. The maximum Gasteiger partial charge on any atom is 0.435 e. The monoisotopic (exact) mass is 410 g/mol. The molecular formula is C16H12F6N2O2S. The van der Waals surface area contributed by atoms with Crippen LogP contribution in [0.25, 0.3) is 0 Å². The van der Waals surface area contributed by atoms with Gasteiger partial charge in [0.05, 0.1) is 10.5 Å². The number of hydrogen-bond acceptors (Lipinski definition) is 3. The van der Waals surface area contributed by atoms with Gasteiger partial charge in [0.1, 0.15) is 0 Å². The Morgan fingerprint density at radius 1 is 0.889 bits per heavy atom. The minimum Gasteiger partial charge on any atom is -0.200 e. The van der Waals surface area contributed by atoms with E-state index in [1.165, 1.54) is 29.1 Å². The molecule has 0 amide bonds. The number of alkyl halides is 6. The van der Waals surface area contributed by atoms with Crippen LogP contribution in [-0.2, 0) is 16.2 Å². The van der Waals surface area contributed by atoms with Crippen molar-refractivity contribution in [2.24, 2.45) is 5.10 Å². The molecule has 0 saturated heterocycles. The van der Waals surface area contributed by atoms with Crippen molar-refractivity contribution in [1.29, 1.82) is 0 Å². The fraction of sp³-hybridized carbons (Fsp3) is 0.188. The van der Waals surface area contributed by atoms with E-state index in [2.05, 4.69) is 5.10 Å². The van der Waals surface area contributed by atoms with E-state index in [0.717, 1.165) is 5.56 Å². The first-order valence-electron chi connectivity index (χ1n) is 7.22. The van der Waals surface area contributed by atoms with Crippen LogP contribution in [0.4, 0.5) is 26.3 Å². The Morgan fingerprint density at radius 2 is 1.41 bits per heavy atom. The molecule has 27 heavy (non-hydrogen) atoms. The van der Waals surface area contributed by atoms with Gasteiger partial charge >= 0.3 is 12.4 Å². The van der Waals surface area contributed by atoms with E-state index in [4.69, 9.17) is 0 Å². The smallest absolute Gasteiger partial charge is 0.200 e. The van der Waals surface area contributed by atoms with Crippen LogP contribution in [-0.4, -0.2) is 20.3 Å². The number of sulfonamides is 1. The third-order valence-corrected chi connectivity index (χ3v) is 4.59. The van der Waals surface area contributed by atoms with Gasteiger partial charge in [-0.25, -0.2) is 0 Å². The van der Waals surface area contributed by atoms with Crippen LogP contribution in [0.3, 0.4) is 0 Å². The first-order valence-corrected chi connectivity index (χ1v) is 8.70. The Kier molecular flexibility index (Phi) is 5.55. The van der Waals surface area contributed by atoms with Gasteiger partial charge in [0.15, 0.2) is 5.71 Å². The van der Waals surface area contributed by atoms with E-state index in [9.17, 15) is 34.8 Å². The molecule has 0 spiro atoms. The van der Waals surface area contributed by atoms with Crippen LogP contribution in [0.5, 0.6) is 0 Å². The number of aryl methyl sites for hydroxylation is 1. The highest BCUT2D eigenvalue weighted by molar-refractivity contribution is 7.89. The predicted molar refractivity (Wildman–Crippen MR) is 85.5 cm³/mol. The van der Waals surface area contributed by atoms with Crippen molar-refractivity contribution >= 4 is 15.7 Å². The van der Waals surface area contributed by atoms with Gasteiger partial charge in [0, 0.05) is 5.56 Å². The number of benzene rings is 2. The summed E-state index contributed by atoms with van der Waals surface area (Å²) in [6, 6.07) is 7.27. The van der Waals surface area contributed by atoms with Crippen LogP contribution in [0.1, 0.15) is 16.7 Å². The number of rotatable bonds is 4. The maximum atomic E-state index is 13.2. The second kappa shape index (κ2) is 7.22. The minimum absolute atomic E-state index is 0.314. The summed E-state index contributed by atoms with van der Waals surface area (Å²) in [5, 5.41) is 2.90. The Balaban J connectivity index is 2.38. The fourth-order valence-corrected chi connectivity index (χ4v) is 2.80. The van der Waals surface area contributed by atoms with Crippen LogP contribution >= 0.6 is 0 Å². The third-order valence-electron chi connectivity index (χ3n) is 3.36. The van der Waals surface area contributed by atoms with Gasteiger partial charge in [-0.15, -0.1) is 0 Å². The third kappa shape index (κ3) is 5.22. The molecule has 0 radical (unpaired) electrons. The van der Waals surface area contributed by atoms with Gasteiger partial charge in [-0.1, -0.05) is 29.8 Å². The molecule has 146 valence electrons. The quantitative estimate of drug-likeness (QED) is 0.465. The Bertz CT molecular complexity index is 931. The molecule has 2 aromatic rings. The van der Waals surface area contributed by atoms with Crippen LogP contribution in [0.15, 0.2) is 58.5 Å². The SMILES string of the molecule is Cc1ccc(S(=O)(=O)N/N=C(\c2ccc(C(F)(F)F)cc2)C(F)(F)F)cc1. The van der Waals surface area contributed by atoms with Crippen molar-refractivity contribution < 1.29 is 34.8 Å². The highest BCUT2D eigenvalue weighted by atomic mass is 32.2. The van der Waals surface area contributed by atoms with Gasteiger partial charge in [-0.05, 0) is 31.2 Å². The van der Waals surface area contributed by atoms with Crippen LogP contribution < -0.4 is 4.83 Å². The molecule has 0 aliphatic rings. The van der Waals surface area contributed by atoms with E-state index in [1.807, 2.05) is 0 Å². The van der Waals surface area contributed by atoms with Crippen LogP contribution in [0.2, 0.25) is 0 Å². The lowest BCUT2D eigenvalue weighted by atomic mass is 10.1. The highest BCUT2D eigenvalue weighted by Gasteiger charge is 2.38. The van der Waals surface area contributed by atoms with Crippen molar-refractivity contribution in [2.75, 3.05) is 0 Å². The van der Waals surface area contributed by atoms with Crippen LogP contribution in [0, 0.1) is 6.92 Å². The molecule has 0 heterocycles. The summed E-state index contributed by atoms with van der Waals surface area (Å²) in [7, 11) is -4.39. The Morgan fingerprint density at radius 3 is 1.85 bits per heavy atom. The van der Waals surface area contributed by atoms with E-state index < -0.39 is 39.2 Å². The number of hydrazone groups is 1. The summed E-state index contributed by atoms with van der Waals surface area (Å²) in [6.45, 7) is 1.69. The van der Waals surface area contributed by atoms with Gasteiger partial charge in [-0.3, -0.25) is 0 Å². The topological polar surface area (TPSA) is 58.5 Å². The molecule has 1 N–H and O–H groups in total. The molecule has 0 bridgehead atoms. The highest BCUT2D eigenvalue weighted by Crippen LogP contribution is 2.30. The van der Waals surface area contributed by atoms with E-state index in [1.54, 1.807) is 6.92 Å². The number of nitrogens with one attached hydrogen (secondary N) is 1. The largest absolute Gasteiger partial charge is 0.435 e. The second-order valence-corrected chi connectivity index (χ2v) is 7.10.